The number of hydrogen-bond acceptors (Lipinski definition) is 3. The molecular weight excluding hydrogens is 352 g/mol. The predicted molar refractivity (Wildman–Crippen MR) is 85.8 cm³/mol. The van der Waals surface area contributed by atoms with Crippen LogP contribution in [0.25, 0.3) is 0 Å². The van der Waals surface area contributed by atoms with E-state index in [1.54, 1.807) is 19.1 Å². The third kappa shape index (κ3) is 3.20. The highest BCUT2D eigenvalue weighted by Crippen LogP contribution is 2.40. The van der Waals surface area contributed by atoms with Gasteiger partial charge in [-0.2, -0.15) is 23.3 Å². The van der Waals surface area contributed by atoms with Crippen LogP contribution in [0.15, 0.2) is 53.6 Å². The predicted octanol–water partition coefficient (Wildman–Crippen LogP) is 3.74. The number of hydrogen-bond donors (Lipinski definition) is 1. The normalized spacial score (nSPS) is 20.2. The number of nitrogens with zero attached hydrogens (tertiary/aromatic N) is 2. The van der Waals surface area contributed by atoms with E-state index in [-0.39, 0.29) is 11.1 Å². The third-order valence-corrected chi connectivity index (χ3v) is 4.11. The molecule has 4 nitrogen and oxygen atoms in total. The highest BCUT2D eigenvalue weighted by atomic mass is 19.4. The Morgan fingerprint density at radius 1 is 1.12 bits per heavy atom. The first-order chi connectivity index (χ1) is 12.1. The van der Waals surface area contributed by atoms with Crippen molar-refractivity contribution in [3.8, 4) is 0 Å². The summed E-state index contributed by atoms with van der Waals surface area (Å²) >= 11 is 0. The Morgan fingerprint density at radius 3 is 2.23 bits per heavy atom. The number of hydrazone groups is 1. The topological polar surface area (TPSA) is 52.9 Å². The molecule has 1 heterocycles. The summed E-state index contributed by atoms with van der Waals surface area (Å²) in [5.41, 5.74) is -2.78. The smallest absolute Gasteiger partial charge is 0.365 e. The minimum absolute atomic E-state index is 0.0673. The molecule has 0 bridgehead atoms. The number of alkyl halides is 3. The molecule has 2 aromatic rings. The number of aryl methyl sites for hydroxylation is 1. The minimum atomic E-state index is -4.81. The van der Waals surface area contributed by atoms with E-state index in [0.717, 1.165) is 29.8 Å². The van der Waals surface area contributed by atoms with Crippen LogP contribution in [-0.4, -0.2) is 27.9 Å². The fourth-order valence-corrected chi connectivity index (χ4v) is 2.68. The number of carbonyl (C=O) groups is 1. The molecular formula is C18H14F4N2O2. The zero-order chi connectivity index (χ0) is 19.1. The molecule has 1 N–H and O–H groups in total. The van der Waals surface area contributed by atoms with Crippen molar-refractivity contribution in [1.29, 1.82) is 0 Å². The Labute approximate surface area is 146 Å². The molecule has 0 saturated heterocycles. The van der Waals surface area contributed by atoms with E-state index >= 15 is 0 Å². The van der Waals surface area contributed by atoms with E-state index in [1.807, 2.05) is 0 Å². The average molecular weight is 366 g/mol. The molecule has 0 aliphatic carbocycles. The minimum Gasteiger partial charge on any atom is -0.365 e. The molecule has 0 aromatic heterocycles. The van der Waals surface area contributed by atoms with Crippen molar-refractivity contribution in [2.24, 2.45) is 5.10 Å². The number of carbonyl (C=O) groups excluding carboxylic acids is 1. The summed E-state index contributed by atoms with van der Waals surface area (Å²) in [5, 5.41) is 14.7. The lowest BCUT2D eigenvalue weighted by Gasteiger charge is -2.31. The van der Waals surface area contributed by atoms with Crippen LogP contribution in [0.3, 0.4) is 0 Å². The van der Waals surface area contributed by atoms with Crippen LogP contribution in [0.4, 0.5) is 17.6 Å². The molecule has 8 heteroatoms. The number of halogens is 4. The van der Waals surface area contributed by atoms with Gasteiger partial charge in [-0.05, 0) is 31.2 Å². The molecule has 1 atom stereocenters. The van der Waals surface area contributed by atoms with Gasteiger partial charge in [0.2, 0.25) is 0 Å². The molecule has 0 radical (unpaired) electrons. The van der Waals surface area contributed by atoms with Gasteiger partial charge < -0.3 is 5.11 Å². The van der Waals surface area contributed by atoms with Crippen molar-refractivity contribution in [3.63, 3.8) is 0 Å². The Kier molecular flexibility index (Phi) is 4.31. The summed E-state index contributed by atoms with van der Waals surface area (Å²) < 4.78 is 52.6. The van der Waals surface area contributed by atoms with Gasteiger partial charge in [0.05, 0.1) is 6.42 Å². The van der Waals surface area contributed by atoms with Gasteiger partial charge in [0.25, 0.3) is 5.91 Å². The second-order valence-electron chi connectivity index (χ2n) is 6.03. The molecule has 0 saturated carbocycles. The molecule has 136 valence electrons. The van der Waals surface area contributed by atoms with Crippen molar-refractivity contribution >= 4 is 11.6 Å². The fourth-order valence-electron chi connectivity index (χ4n) is 2.68. The Morgan fingerprint density at radius 2 is 1.69 bits per heavy atom. The summed E-state index contributed by atoms with van der Waals surface area (Å²) in [6, 6.07) is 10.3. The van der Waals surface area contributed by atoms with E-state index in [1.165, 1.54) is 12.1 Å². The van der Waals surface area contributed by atoms with Crippen LogP contribution in [-0.2, 0) is 5.72 Å². The van der Waals surface area contributed by atoms with Crippen LogP contribution in [0, 0.1) is 12.7 Å². The Bertz CT molecular complexity index is 860. The Hall–Kier alpha value is -2.74. The van der Waals surface area contributed by atoms with E-state index < -0.39 is 35.8 Å². The first-order valence-electron chi connectivity index (χ1n) is 7.65. The van der Waals surface area contributed by atoms with E-state index in [0.29, 0.717) is 5.01 Å². The monoisotopic (exact) mass is 366 g/mol. The van der Waals surface area contributed by atoms with Gasteiger partial charge in [-0.3, -0.25) is 4.79 Å². The molecule has 1 aliphatic rings. The van der Waals surface area contributed by atoms with Crippen LogP contribution < -0.4 is 0 Å². The van der Waals surface area contributed by atoms with E-state index in [9.17, 15) is 27.5 Å². The number of rotatable bonds is 2. The highest BCUT2D eigenvalue weighted by Gasteiger charge is 2.53. The summed E-state index contributed by atoms with van der Waals surface area (Å²) in [6.07, 6.45) is -5.75. The lowest BCUT2D eigenvalue weighted by Crippen LogP contribution is -2.43. The molecule has 1 amide bonds. The van der Waals surface area contributed by atoms with Crippen molar-refractivity contribution in [2.45, 2.75) is 25.2 Å². The van der Waals surface area contributed by atoms with Crippen molar-refractivity contribution < 1.29 is 27.5 Å². The van der Waals surface area contributed by atoms with Crippen LogP contribution >= 0.6 is 0 Å². The molecule has 26 heavy (non-hydrogen) atoms. The summed E-state index contributed by atoms with van der Waals surface area (Å²) in [6.45, 7) is 1.79. The highest BCUT2D eigenvalue weighted by molar-refractivity contribution is 5.99. The third-order valence-electron chi connectivity index (χ3n) is 4.11. The van der Waals surface area contributed by atoms with Gasteiger partial charge in [-0.1, -0.05) is 29.8 Å². The first-order valence-corrected chi connectivity index (χ1v) is 7.65. The van der Waals surface area contributed by atoms with Gasteiger partial charge in [0.15, 0.2) is 5.72 Å². The van der Waals surface area contributed by atoms with Gasteiger partial charge in [-0.15, -0.1) is 0 Å². The van der Waals surface area contributed by atoms with Gasteiger partial charge in [0.1, 0.15) is 11.5 Å². The largest absolute Gasteiger partial charge is 0.431 e. The lowest BCUT2D eigenvalue weighted by atomic mass is 9.96. The second kappa shape index (κ2) is 6.21. The van der Waals surface area contributed by atoms with Crippen LogP contribution in [0.1, 0.15) is 27.9 Å². The maximum Gasteiger partial charge on any atom is 0.431 e. The molecule has 0 fully saturated rings. The lowest BCUT2D eigenvalue weighted by molar-refractivity contribution is -0.0816. The fraction of sp³-hybridized carbons (Fsp3) is 0.222. The molecule has 0 spiro atoms. The molecule has 1 unspecified atom stereocenters. The average Bonchev–Trinajstić information content (AvgIpc) is 2.94. The van der Waals surface area contributed by atoms with E-state index in [2.05, 4.69) is 5.10 Å². The van der Waals surface area contributed by atoms with Gasteiger partial charge in [-0.25, -0.2) is 4.39 Å². The van der Waals surface area contributed by atoms with Crippen LogP contribution in [0.2, 0.25) is 0 Å². The maximum atomic E-state index is 13.2. The molecule has 2 aromatic carbocycles. The maximum absolute atomic E-state index is 13.2. The van der Waals surface area contributed by atoms with Crippen molar-refractivity contribution in [2.75, 3.05) is 0 Å². The number of aliphatic hydroxyl groups is 1. The van der Waals surface area contributed by atoms with Crippen LogP contribution in [0.5, 0.6) is 0 Å². The van der Waals surface area contributed by atoms with Gasteiger partial charge in [0, 0.05) is 11.1 Å². The summed E-state index contributed by atoms with van der Waals surface area (Å²) in [4.78, 5) is 12.7. The van der Waals surface area contributed by atoms with Crippen molar-refractivity contribution in [3.05, 3.63) is 71.0 Å². The van der Waals surface area contributed by atoms with Crippen molar-refractivity contribution in [1.82, 2.24) is 5.01 Å². The first kappa shape index (κ1) is 18.1. The SMILES string of the molecule is Cc1ccc(C(=O)N2N=C(C(F)(F)F)CC2(O)c2ccc(F)cc2)cc1. The molecule has 3 rings (SSSR count). The summed E-state index contributed by atoms with van der Waals surface area (Å²) in [5.74, 6) is -1.51. The zero-order valence-electron chi connectivity index (χ0n) is 13.6. The number of benzene rings is 2. The zero-order valence-corrected chi connectivity index (χ0v) is 13.6. The molecule has 1 aliphatic heterocycles. The Balaban J connectivity index is 2.06. The standard InChI is InChI=1S/C18H14F4N2O2/c1-11-2-4-12(5-3-11)16(25)24-17(26,10-15(23-24)18(20,21)22)13-6-8-14(19)9-7-13/h2-9,26H,10H2,1H3. The van der Waals surface area contributed by atoms with Gasteiger partial charge >= 0.3 is 6.18 Å². The summed E-state index contributed by atoms with van der Waals surface area (Å²) in [7, 11) is 0. The number of amides is 1. The van der Waals surface area contributed by atoms with E-state index in [4.69, 9.17) is 0 Å². The second-order valence-corrected chi connectivity index (χ2v) is 6.03. The quantitative estimate of drug-likeness (QED) is 0.824.